The number of likely N-dealkylation sites (tertiary alicyclic amines) is 2. The number of hydrogen-bond donors (Lipinski definition) is 4. The van der Waals surface area contributed by atoms with Crippen LogP contribution in [0, 0.1) is 17.6 Å². The minimum absolute atomic E-state index is 0.0230. The van der Waals surface area contributed by atoms with Crippen LogP contribution in [0.4, 0.5) is 41.1 Å². The summed E-state index contributed by atoms with van der Waals surface area (Å²) in [6, 6.07) is 18.2. The normalized spacial score (nSPS) is 23.7. The number of ether oxygens (including phenoxy) is 4. The number of nitrogens with one attached hydrogen (secondary N) is 4. The molecule has 5 heterocycles. The van der Waals surface area contributed by atoms with Gasteiger partial charge in [0.1, 0.15) is 24.2 Å². The third-order valence-corrected chi connectivity index (χ3v) is 23.2. The first-order valence-electron chi connectivity index (χ1n) is 27.0. The third kappa shape index (κ3) is 12.3. The van der Waals surface area contributed by atoms with Gasteiger partial charge in [0.15, 0.2) is 0 Å². The standard InChI is InChI=1S/C55H75F2N8O10Si/c1-7-43(60-54(70)74-5)52(68)64-32-35(33-72-3)29-47(64)51(67)59-39-18-14-37(15-19-39)45-21-20-44(65(45)40-30-41(56)49(42(57)31-40)62-23-27-76(28-24-62)25-8-9-26-76)36-12-16-38(17-13-36)58-50(66)46-11-10-22-63(46)53(69)48(34(2)73-4)61-55(71)75-6/h12-19,30-31,34-35,43-48,76H,7-11,20-29,32-33H2,1-6H3,(H,58,66)(H,59,67)(H,60,70)(H,61,71)/q-1/t34-,35+,43+,44+,45+,46+,47+,48+/m1/s1. The van der Waals surface area contributed by atoms with Crippen LogP contribution in [0.25, 0.3) is 0 Å². The van der Waals surface area contributed by atoms with Gasteiger partial charge in [-0.2, -0.15) is 0 Å². The van der Waals surface area contributed by atoms with E-state index < -0.39 is 74.0 Å². The van der Waals surface area contributed by atoms with Crippen molar-refractivity contribution in [3.05, 3.63) is 83.4 Å². The van der Waals surface area contributed by atoms with Gasteiger partial charge in [0.25, 0.3) is 0 Å². The van der Waals surface area contributed by atoms with Crippen molar-refractivity contribution in [3.63, 3.8) is 0 Å². The summed E-state index contributed by atoms with van der Waals surface area (Å²) in [5.74, 6) is -2.94. The molecule has 0 aromatic heterocycles. The second-order valence-corrected chi connectivity index (χ2v) is 27.3. The zero-order valence-electron chi connectivity index (χ0n) is 44.6. The number of benzene rings is 3. The number of methoxy groups -OCH3 is 4. The molecule has 4 N–H and O–H groups in total. The fourth-order valence-electron chi connectivity index (χ4n) is 12.8. The number of nitrogens with zero attached hydrogens (tertiary/aromatic N) is 4. The van der Waals surface area contributed by atoms with Gasteiger partial charge in [0.05, 0.1) is 26.9 Å². The average molecular weight is 1070 g/mol. The molecular formula is C55H75F2N8O10Si-. The van der Waals surface area contributed by atoms with Crippen molar-refractivity contribution < 1.29 is 56.5 Å². The van der Waals surface area contributed by atoms with E-state index in [1.807, 2.05) is 29.2 Å². The van der Waals surface area contributed by atoms with E-state index >= 15 is 8.78 Å². The summed E-state index contributed by atoms with van der Waals surface area (Å²) in [5, 5.41) is 11.1. The monoisotopic (exact) mass is 1070 g/mol. The molecule has 5 aliphatic rings. The zero-order chi connectivity index (χ0) is 54.3. The molecule has 5 aliphatic heterocycles. The average Bonchev–Trinajstić information content (AvgIpc) is 4.29. The molecule has 0 radical (unpaired) electrons. The SMILES string of the molecule is CC[C@H](NC(=O)OC)C(=O)N1C[C@@H](COC)C[C@H]1C(=O)Nc1ccc([C@@H]2CC[C@@H](c3ccc(NC(=O)[C@@H]4CCCN4C(=O)[C@@H](NC(=O)OC)[C@@H](C)OC)cc3)N2c2cc(F)c(N3CC[SiH-]4(CCCC4)CC3)c(F)c2)cc1. The molecule has 414 valence electrons. The van der Waals surface area contributed by atoms with E-state index in [0.717, 1.165) is 23.2 Å². The second kappa shape index (κ2) is 24.8. The van der Waals surface area contributed by atoms with Crippen LogP contribution in [0.1, 0.15) is 88.4 Å². The minimum atomic E-state index is -1.68. The molecule has 0 saturated carbocycles. The number of rotatable bonds is 17. The Morgan fingerprint density at radius 3 is 1.76 bits per heavy atom. The fraction of sp³-hybridized carbons (Fsp3) is 0.564. The molecule has 0 unspecified atom stereocenters. The summed E-state index contributed by atoms with van der Waals surface area (Å²) in [7, 11) is 3.73. The van der Waals surface area contributed by atoms with E-state index in [1.54, 1.807) is 45.2 Å². The zero-order valence-corrected chi connectivity index (χ0v) is 45.8. The Morgan fingerprint density at radius 2 is 1.24 bits per heavy atom. The summed E-state index contributed by atoms with van der Waals surface area (Å²) in [6.07, 6.45) is 3.24. The Labute approximate surface area is 444 Å². The van der Waals surface area contributed by atoms with E-state index in [2.05, 4.69) is 26.2 Å². The summed E-state index contributed by atoms with van der Waals surface area (Å²) >= 11 is 0. The van der Waals surface area contributed by atoms with Gasteiger partial charge in [-0.3, -0.25) is 19.2 Å². The number of amides is 6. The number of halogens is 2. The van der Waals surface area contributed by atoms with Gasteiger partial charge in [-0.15, -0.1) is 0 Å². The van der Waals surface area contributed by atoms with Crippen molar-refractivity contribution in [3.8, 4) is 0 Å². The Kier molecular flexibility index (Phi) is 18.2. The number of carbonyl (C=O) groups is 6. The van der Waals surface area contributed by atoms with Crippen LogP contribution in [-0.2, 0) is 38.1 Å². The predicted octanol–water partition coefficient (Wildman–Crippen LogP) is 7.47. The quantitative estimate of drug-likeness (QED) is 0.0975. The van der Waals surface area contributed by atoms with E-state index in [1.165, 1.54) is 68.2 Å². The summed E-state index contributed by atoms with van der Waals surface area (Å²) in [4.78, 5) is 86.5. The van der Waals surface area contributed by atoms with Crippen LogP contribution in [-0.4, -0.2) is 145 Å². The number of alkyl carbamates (subject to hydrolysis) is 2. The van der Waals surface area contributed by atoms with Gasteiger partial charge < -0.3 is 50.0 Å². The molecule has 3 aromatic rings. The van der Waals surface area contributed by atoms with Crippen LogP contribution in [0.2, 0.25) is 24.2 Å². The van der Waals surface area contributed by atoms with Crippen LogP contribution < -0.4 is 31.1 Å². The van der Waals surface area contributed by atoms with Crippen molar-refractivity contribution in [1.82, 2.24) is 20.4 Å². The summed E-state index contributed by atoms with van der Waals surface area (Å²) in [6.45, 7) is 5.69. The molecule has 0 bridgehead atoms. The molecule has 21 heteroatoms. The van der Waals surface area contributed by atoms with E-state index in [-0.39, 0.29) is 42.0 Å². The molecule has 0 aliphatic carbocycles. The van der Waals surface area contributed by atoms with Crippen molar-refractivity contribution in [1.29, 1.82) is 0 Å². The second-order valence-electron chi connectivity index (χ2n) is 21.5. The van der Waals surface area contributed by atoms with Crippen molar-refractivity contribution in [2.24, 2.45) is 5.92 Å². The molecule has 6 amide bonds. The summed E-state index contributed by atoms with van der Waals surface area (Å²) < 4.78 is 53.5. The van der Waals surface area contributed by atoms with Crippen LogP contribution in [0.15, 0.2) is 60.7 Å². The molecule has 8 atom stereocenters. The molecule has 5 fully saturated rings. The molecule has 3 aromatic carbocycles. The molecule has 18 nitrogen and oxygen atoms in total. The summed E-state index contributed by atoms with van der Waals surface area (Å²) in [5.41, 5.74) is 3.11. The van der Waals surface area contributed by atoms with Gasteiger partial charge in [0, 0.05) is 44.6 Å². The first-order chi connectivity index (χ1) is 36.6. The van der Waals surface area contributed by atoms with Crippen LogP contribution in [0.3, 0.4) is 0 Å². The number of carbonyl (C=O) groups excluding carboxylic acids is 6. The topological polar surface area (TPSA) is 200 Å². The maximum atomic E-state index is 16.6. The maximum absolute atomic E-state index is 16.6. The molecular weight excluding hydrogens is 999 g/mol. The first kappa shape index (κ1) is 55.9. The molecule has 5 saturated heterocycles. The van der Waals surface area contributed by atoms with Crippen LogP contribution >= 0.6 is 0 Å². The predicted molar refractivity (Wildman–Crippen MR) is 287 cm³/mol. The first-order valence-corrected chi connectivity index (χ1v) is 30.3. The van der Waals surface area contributed by atoms with Crippen LogP contribution in [0.5, 0.6) is 0 Å². The Bertz CT molecular complexity index is 2540. The Morgan fingerprint density at radius 1 is 0.684 bits per heavy atom. The Balaban J connectivity index is 1.02. The third-order valence-electron chi connectivity index (χ3n) is 17.0. The van der Waals surface area contributed by atoms with E-state index in [9.17, 15) is 28.8 Å². The molecule has 76 heavy (non-hydrogen) atoms. The van der Waals surface area contributed by atoms with Crippen molar-refractivity contribution in [2.45, 2.75) is 132 Å². The van der Waals surface area contributed by atoms with Gasteiger partial charge in [-0.05, 0) is 32.6 Å². The van der Waals surface area contributed by atoms with E-state index in [0.29, 0.717) is 81.8 Å². The van der Waals surface area contributed by atoms with E-state index in [4.69, 9.17) is 18.9 Å². The fourth-order valence-corrected chi connectivity index (χ4v) is 18.5. The molecule has 8 rings (SSSR count). The number of hydrogen-bond acceptors (Lipinski definition) is 12. The van der Waals surface area contributed by atoms with Gasteiger partial charge in [0.2, 0.25) is 23.6 Å². The Hall–Kier alpha value is -6.32. The van der Waals surface area contributed by atoms with Gasteiger partial charge in [-0.1, -0.05) is 6.92 Å². The molecule has 1 spiro atoms. The van der Waals surface area contributed by atoms with Crippen molar-refractivity contribution in [2.75, 3.05) is 81.7 Å². The van der Waals surface area contributed by atoms with Crippen molar-refractivity contribution >= 4 is 66.6 Å². The van der Waals surface area contributed by atoms with Gasteiger partial charge in [-0.25, -0.2) is 9.59 Å². The number of anilines is 4. The van der Waals surface area contributed by atoms with Gasteiger partial charge >= 0.3 is 209 Å².